The lowest BCUT2D eigenvalue weighted by atomic mass is 10.4. The van der Waals surface area contributed by atoms with E-state index in [2.05, 4.69) is 4.72 Å². The van der Waals surface area contributed by atoms with E-state index < -0.39 is 10.0 Å². The average Bonchev–Trinajstić information content (AvgIpc) is 2.02. The van der Waals surface area contributed by atoms with E-state index in [1.54, 1.807) is 6.92 Å². The van der Waals surface area contributed by atoms with E-state index in [0.29, 0.717) is 11.6 Å². The van der Waals surface area contributed by atoms with Gasteiger partial charge < -0.3 is 0 Å². The molecule has 0 aliphatic rings. The molecule has 3 nitrogen and oxygen atoms in total. The number of rotatable bonds is 3. The van der Waals surface area contributed by atoms with Crippen LogP contribution in [-0.2, 0) is 10.0 Å². The first-order valence-corrected chi connectivity index (χ1v) is 6.16. The lowest BCUT2D eigenvalue weighted by Gasteiger charge is -2.06. The molecule has 0 radical (unpaired) electrons. The van der Waals surface area contributed by atoms with Gasteiger partial charge in [0.05, 0.1) is 5.02 Å². The van der Waals surface area contributed by atoms with E-state index in [-0.39, 0.29) is 9.92 Å². The molecule has 1 N–H and O–H groups in total. The quantitative estimate of drug-likeness (QED) is 0.899. The van der Waals surface area contributed by atoms with Gasteiger partial charge in [0.1, 0.15) is 4.90 Å². The van der Waals surface area contributed by atoms with Crippen LogP contribution in [0.25, 0.3) is 0 Å². The molecule has 1 rings (SSSR count). The molecule has 0 saturated carbocycles. The van der Waals surface area contributed by atoms with Crippen molar-refractivity contribution in [3.05, 3.63) is 28.2 Å². The summed E-state index contributed by atoms with van der Waals surface area (Å²) in [6, 6.07) is 4.26. The van der Waals surface area contributed by atoms with Gasteiger partial charge in [0.15, 0.2) is 0 Å². The van der Waals surface area contributed by atoms with Crippen molar-refractivity contribution >= 4 is 33.2 Å². The maximum Gasteiger partial charge on any atom is 0.242 e. The highest BCUT2D eigenvalue weighted by Gasteiger charge is 2.16. The molecule has 0 unspecified atom stereocenters. The van der Waals surface area contributed by atoms with Gasteiger partial charge in [0.25, 0.3) is 0 Å². The van der Waals surface area contributed by atoms with Crippen LogP contribution < -0.4 is 4.72 Å². The topological polar surface area (TPSA) is 46.2 Å². The first kappa shape index (κ1) is 11.8. The third-order valence-electron chi connectivity index (χ3n) is 1.52. The highest BCUT2D eigenvalue weighted by Crippen LogP contribution is 2.24. The molecular formula is C8H9Cl2NO2S. The van der Waals surface area contributed by atoms with Crippen molar-refractivity contribution < 1.29 is 8.42 Å². The van der Waals surface area contributed by atoms with Crippen LogP contribution in [0.15, 0.2) is 23.1 Å². The molecule has 1 aromatic carbocycles. The molecule has 6 heteroatoms. The second-order valence-corrected chi connectivity index (χ2v) is 5.16. The number of hydrogen-bond donors (Lipinski definition) is 1. The van der Waals surface area contributed by atoms with Gasteiger partial charge in [-0.25, -0.2) is 13.1 Å². The van der Waals surface area contributed by atoms with Gasteiger partial charge in [-0.3, -0.25) is 0 Å². The van der Waals surface area contributed by atoms with E-state index in [9.17, 15) is 8.42 Å². The zero-order valence-electron chi connectivity index (χ0n) is 7.42. The number of hydrogen-bond acceptors (Lipinski definition) is 2. The lowest BCUT2D eigenvalue weighted by molar-refractivity contribution is 0.584. The van der Waals surface area contributed by atoms with Gasteiger partial charge in [-0.05, 0) is 18.2 Å². The minimum absolute atomic E-state index is 0.0467. The Morgan fingerprint density at radius 1 is 1.36 bits per heavy atom. The normalized spacial score (nSPS) is 11.6. The van der Waals surface area contributed by atoms with Crippen molar-refractivity contribution in [2.24, 2.45) is 0 Å². The van der Waals surface area contributed by atoms with E-state index >= 15 is 0 Å². The molecule has 14 heavy (non-hydrogen) atoms. The number of nitrogens with one attached hydrogen (secondary N) is 1. The summed E-state index contributed by atoms with van der Waals surface area (Å²) in [4.78, 5) is 0.0467. The second kappa shape index (κ2) is 4.49. The summed E-state index contributed by atoms with van der Waals surface area (Å²) in [5.74, 6) is 0. The Hall–Kier alpha value is -0.290. The van der Waals surface area contributed by atoms with Gasteiger partial charge in [-0.15, -0.1) is 0 Å². The molecule has 78 valence electrons. The molecule has 0 aliphatic carbocycles. The van der Waals surface area contributed by atoms with Crippen LogP contribution in [0.3, 0.4) is 0 Å². The van der Waals surface area contributed by atoms with Crippen molar-refractivity contribution in [3.63, 3.8) is 0 Å². The minimum Gasteiger partial charge on any atom is -0.211 e. The molecule has 0 saturated heterocycles. The van der Waals surface area contributed by atoms with Gasteiger partial charge in [0.2, 0.25) is 10.0 Å². The van der Waals surface area contributed by atoms with E-state index in [1.165, 1.54) is 18.2 Å². The SMILES string of the molecule is CCNS(=O)(=O)c1ccc(Cl)cc1Cl. The third kappa shape index (κ3) is 2.60. The highest BCUT2D eigenvalue weighted by atomic mass is 35.5. The average molecular weight is 254 g/mol. The summed E-state index contributed by atoms with van der Waals surface area (Å²) < 4.78 is 25.4. The Morgan fingerprint density at radius 2 is 2.00 bits per heavy atom. The van der Waals surface area contributed by atoms with Crippen LogP contribution in [0.4, 0.5) is 0 Å². The summed E-state index contributed by atoms with van der Waals surface area (Å²) in [6.45, 7) is 2.02. The molecule has 0 bridgehead atoms. The number of benzene rings is 1. The van der Waals surface area contributed by atoms with Gasteiger partial charge in [-0.2, -0.15) is 0 Å². The van der Waals surface area contributed by atoms with Gasteiger partial charge in [-0.1, -0.05) is 30.1 Å². The van der Waals surface area contributed by atoms with Gasteiger partial charge >= 0.3 is 0 Å². The van der Waals surface area contributed by atoms with Crippen LogP contribution in [0, 0.1) is 0 Å². The molecular weight excluding hydrogens is 245 g/mol. The van der Waals surface area contributed by atoms with Crippen molar-refractivity contribution in [3.8, 4) is 0 Å². The standard InChI is InChI=1S/C8H9Cl2NO2S/c1-2-11-14(12,13)8-4-3-6(9)5-7(8)10/h3-5,11H,2H2,1H3. The summed E-state index contributed by atoms with van der Waals surface area (Å²) in [5, 5.41) is 0.531. The molecule has 0 atom stereocenters. The lowest BCUT2D eigenvalue weighted by Crippen LogP contribution is -2.23. The first-order valence-electron chi connectivity index (χ1n) is 3.92. The van der Waals surface area contributed by atoms with Crippen LogP contribution >= 0.6 is 23.2 Å². The predicted molar refractivity (Wildman–Crippen MR) is 57.3 cm³/mol. The molecule has 0 heterocycles. The Bertz CT molecular complexity index is 431. The Balaban J connectivity index is 3.20. The minimum atomic E-state index is -3.50. The summed E-state index contributed by atoms with van der Waals surface area (Å²) in [5.41, 5.74) is 0. The fourth-order valence-corrected chi connectivity index (χ4v) is 2.77. The Labute approximate surface area is 93.1 Å². The van der Waals surface area contributed by atoms with Crippen molar-refractivity contribution in [1.82, 2.24) is 4.72 Å². The Morgan fingerprint density at radius 3 is 2.50 bits per heavy atom. The van der Waals surface area contributed by atoms with E-state index in [1.807, 2.05) is 0 Å². The summed E-state index contributed by atoms with van der Waals surface area (Å²) >= 11 is 11.4. The summed E-state index contributed by atoms with van der Waals surface area (Å²) in [6.07, 6.45) is 0. The number of halogens is 2. The monoisotopic (exact) mass is 253 g/mol. The van der Waals surface area contributed by atoms with Crippen molar-refractivity contribution in [1.29, 1.82) is 0 Å². The van der Waals surface area contributed by atoms with E-state index in [4.69, 9.17) is 23.2 Å². The zero-order valence-corrected chi connectivity index (χ0v) is 9.75. The van der Waals surface area contributed by atoms with Gasteiger partial charge in [0, 0.05) is 11.6 Å². The van der Waals surface area contributed by atoms with E-state index in [0.717, 1.165) is 0 Å². The maximum absolute atomic E-state index is 11.5. The van der Waals surface area contributed by atoms with Crippen molar-refractivity contribution in [2.45, 2.75) is 11.8 Å². The predicted octanol–water partition coefficient (Wildman–Crippen LogP) is 2.29. The largest absolute Gasteiger partial charge is 0.242 e. The van der Waals surface area contributed by atoms with Crippen LogP contribution in [-0.4, -0.2) is 15.0 Å². The first-order chi connectivity index (χ1) is 6.47. The smallest absolute Gasteiger partial charge is 0.211 e. The van der Waals surface area contributed by atoms with Crippen LogP contribution in [0.1, 0.15) is 6.92 Å². The zero-order chi connectivity index (χ0) is 10.8. The van der Waals surface area contributed by atoms with Crippen molar-refractivity contribution in [2.75, 3.05) is 6.54 Å². The fourth-order valence-electron chi connectivity index (χ4n) is 0.961. The molecule has 0 spiro atoms. The highest BCUT2D eigenvalue weighted by molar-refractivity contribution is 7.89. The maximum atomic E-state index is 11.5. The molecule has 0 amide bonds. The fraction of sp³-hybridized carbons (Fsp3) is 0.250. The summed E-state index contributed by atoms with van der Waals surface area (Å²) in [7, 11) is -3.50. The molecule has 0 aliphatic heterocycles. The Kier molecular flexibility index (Phi) is 3.78. The second-order valence-electron chi connectivity index (χ2n) is 2.58. The van der Waals surface area contributed by atoms with Crippen LogP contribution in [0.2, 0.25) is 10.0 Å². The van der Waals surface area contributed by atoms with Crippen LogP contribution in [0.5, 0.6) is 0 Å². The molecule has 1 aromatic rings. The third-order valence-corrected chi connectivity index (χ3v) is 3.78. The number of sulfonamides is 1. The molecule has 0 aromatic heterocycles. The molecule has 0 fully saturated rings.